The Morgan fingerprint density at radius 2 is 2.40 bits per heavy atom. The second kappa shape index (κ2) is 3.49. The third-order valence-electron chi connectivity index (χ3n) is 1.65. The maximum absolute atomic E-state index is 3.11. The molecule has 0 atom stereocenters. The fourth-order valence-electron chi connectivity index (χ4n) is 1.03. The Morgan fingerprint density at radius 1 is 1.60 bits per heavy atom. The first-order valence-electron chi connectivity index (χ1n) is 3.87. The van der Waals surface area contributed by atoms with Crippen molar-refractivity contribution in [1.29, 1.82) is 0 Å². The van der Waals surface area contributed by atoms with Gasteiger partial charge >= 0.3 is 0 Å². The van der Waals surface area contributed by atoms with Gasteiger partial charge in [0.15, 0.2) is 0 Å². The van der Waals surface area contributed by atoms with Crippen LogP contribution in [0, 0.1) is 6.20 Å². The highest BCUT2D eigenvalue weighted by molar-refractivity contribution is 4.81. The maximum atomic E-state index is 3.11. The lowest BCUT2D eigenvalue weighted by atomic mass is 10.3. The van der Waals surface area contributed by atoms with E-state index in [2.05, 4.69) is 22.9 Å². The van der Waals surface area contributed by atoms with Gasteiger partial charge in [-0.05, 0) is 13.5 Å². The molecule has 1 aliphatic heterocycles. The Kier molecular flexibility index (Phi) is 2.60. The third kappa shape index (κ3) is 1.94. The molecule has 2 nitrogen and oxygen atoms in total. The molecule has 0 unspecified atom stereocenters. The topological polar surface area (TPSA) is 6.48 Å². The van der Waals surface area contributed by atoms with Gasteiger partial charge < -0.3 is 16.0 Å². The van der Waals surface area contributed by atoms with Gasteiger partial charge in [0.25, 0.3) is 0 Å². The van der Waals surface area contributed by atoms with Gasteiger partial charge in [0.05, 0.1) is 6.67 Å². The molecule has 1 heterocycles. The van der Waals surface area contributed by atoms with E-state index in [4.69, 9.17) is 0 Å². The van der Waals surface area contributed by atoms with Crippen LogP contribution in [0.5, 0.6) is 0 Å². The smallest absolute Gasteiger partial charge is 0.0563 e. The lowest BCUT2D eigenvalue weighted by molar-refractivity contribution is 0.289. The predicted octanol–water partition coefficient (Wildman–Crippen LogP) is 1.27. The quantitative estimate of drug-likeness (QED) is 0.543. The first-order chi connectivity index (χ1) is 4.83. The fourth-order valence-corrected chi connectivity index (χ4v) is 1.03. The minimum absolute atomic E-state index is 1.01. The molecule has 2 heteroatoms. The number of nitrogens with zero attached hydrogens (tertiary/aromatic N) is 2. The molecule has 0 aliphatic carbocycles. The summed E-state index contributed by atoms with van der Waals surface area (Å²) >= 11 is 0. The van der Waals surface area contributed by atoms with E-state index >= 15 is 0 Å². The molecule has 0 N–H and O–H groups in total. The van der Waals surface area contributed by atoms with E-state index in [0.717, 1.165) is 6.67 Å². The highest BCUT2D eigenvalue weighted by Crippen LogP contribution is 2.03. The SMILES string of the molecule is CCCCN1C=[C-]N(C)C1. The average Bonchev–Trinajstić information content (AvgIpc) is 2.31. The summed E-state index contributed by atoms with van der Waals surface area (Å²) < 4.78 is 0. The van der Waals surface area contributed by atoms with Crippen molar-refractivity contribution in [3.05, 3.63) is 12.4 Å². The Morgan fingerprint density at radius 3 is 2.90 bits per heavy atom. The van der Waals surface area contributed by atoms with Gasteiger partial charge in [-0.15, -0.1) is 0 Å². The molecule has 0 saturated heterocycles. The zero-order valence-electron chi connectivity index (χ0n) is 6.80. The highest BCUT2D eigenvalue weighted by atomic mass is 15.3. The summed E-state index contributed by atoms with van der Waals surface area (Å²) in [6.45, 7) is 4.40. The van der Waals surface area contributed by atoms with Crippen LogP contribution in [0.4, 0.5) is 0 Å². The van der Waals surface area contributed by atoms with Crippen molar-refractivity contribution in [3.8, 4) is 0 Å². The van der Waals surface area contributed by atoms with Crippen LogP contribution < -0.4 is 0 Å². The van der Waals surface area contributed by atoms with Crippen LogP contribution in [0.3, 0.4) is 0 Å². The van der Waals surface area contributed by atoms with E-state index in [0.29, 0.717) is 0 Å². The molecular formula is C8H15N2-. The summed E-state index contributed by atoms with van der Waals surface area (Å²) in [7, 11) is 2.04. The van der Waals surface area contributed by atoms with Crippen molar-refractivity contribution in [2.75, 3.05) is 20.3 Å². The van der Waals surface area contributed by atoms with Crippen molar-refractivity contribution in [1.82, 2.24) is 9.80 Å². The summed E-state index contributed by atoms with van der Waals surface area (Å²) in [6, 6.07) is 0. The van der Waals surface area contributed by atoms with Crippen LogP contribution in [0.1, 0.15) is 19.8 Å². The van der Waals surface area contributed by atoms with E-state index < -0.39 is 0 Å². The molecule has 10 heavy (non-hydrogen) atoms. The van der Waals surface area contributed by atoms with Crippen LogP contribution >= 0.6 is 0 Å². The Hall–Kier alpha value is -0.660. The molecular weight excluding hydrogens is 124 g/mol. The monoisotopic (exact) mass is 139 g/mol. The summed E-state index contributed by atoms with van der Waals surface area (Å²) in [5, 5.41) is 0. The van der Waals surface area contributed by atoms with Gasteiger partial charge in [-0.2, -0.15) is 6.20 Å². The van der Waals surface area contributed by atoms with Gasteiger partial charge in [-0.3, -0.25) is 0 Å². The number of unbranched alkanes of at least 4 members (excludes halogenated alkanes) is 1. The number of hydrogen-bond acceptors (Lipinski definition) is 2. The van der Waals surface area contributed by atoms with Gasteiger partial charge in [0, 0.05) is 6.54 Å². The van der Waals surface area contributed by atoms with E-state index in [1.807, 2.05) is 13.2 Å². The molecule has 1 aliphatic rings. The summed E-state index contributed by atoms with van der Waals surface area (Å²) in [5.41, 5.74) is 0. The zero-order chi connectivity index (χ0) is 7.40. The number of hydrogen-bond donors (Lipinski definition) is 0. The highest BCUT2D eigenvalue weighted by Gasteiger charge is 1.97. The first-order valence-corrected chi connectivity index (χ1v) is 3.87. The summed E-state index contributed by atoms with van der Waals surface area (Å²) in [5.74, 6) is 0. The Bertz CT molecular complexity index is 120. The second-order valence-electron chi connectivity index (χ2n) is 2.76. The van der Waals surface area contributed by atoms with Crippen molar-refractivity contribution in [3.63, 3.8) is 0 Å². The zero-order valence-corrected chi connectivity index (χ0v) is 6.80. The van der Waals surface area contributed by atoms with Gasteiger partial charge in [-0.25, -0.2) is 0 Å². The molecule has 0 aromatic carbocycles. The molecule has 0 aromatic heterocycles. The van der Waals surface area contributed by atoms with E-state index in [1.54, 1.807) is 0 Å². The number of rotatable bonds is 3. The third-order valence-corrected chi connectivity index (χ3v) is 1.65. The van der Waals surface area contributed by atoms with Gasteiger partial charge in [-0.1, -0.05) is 13.3 Å². The van der Waals surface area contributed by atoms with Crippen LogP contribution in [0.2, 0.25) is 0 Å². The van der Waals surface area contributed by atoms with Gasteiger partial charge in [0.1, 0.15) is 0 Å². The van der Waals surface area contributed by atoms with Crippen LogP contribution in [0.25, 0.3) is 0 Å². The van der Waals surface area contributed by atoms with E-state index in [9.17, 15) is 0 Å². The van der Waals surface area contributed by atoms with Crippen LogP contribution in [-0.4, -0.2) is 30.1 Å². The Labute approximate surface area is 63.1 Å². The molecule has 0 bridgehead atoms. The largest absolute Gasteiger partial charge is 0.540 e. The van der Waals surface area contributed by atoms with Crippen molar-refractivity contribution in [2.24, 2.45) is 0 Å². The summed E-state index contributed by atoms with van der Waals surface area (Å²) in [4.78, 5) is 4.35. The molecule has 0 radical (unpaired) electrons. The minimum Gasteiger partial charge on any atom is -0.540 e. The van der Waals surface area contributed by atoms with Crippen molar-refractivity contribution < 1.29 is 0 Å². The second-order valence-corrected chi connectivity index (χ2v) is 2.76. The van der Waals surface area contributed by atoms with Crippen molar-refractivity contribution >= 4 is 0 Å². The summed E-state index contributed by atoms with van der Waals surface area (Å²) in [6.07, 6.45) is 7.71. The first kappa shape index (κ1) is 7.45. The molecule has 58 valence electrons. The molecule has 0 spiro atoms. The lowest BCUT2D eigenvalue weighted by Gasteiger charge is -2.24. The molecule has 0 amide bonds. The predicted molar refractivity (Wildman–Crippen MR) is 42.1 cm³/mol. The standard InChI is InChI=1S/C8H15N2/c1-3-4-5-10-7-6-9(2)8-10/h7H,3-5,8H2,1-2H3/q-1. The van der Waals surface area contributed by atoms with E-state index in [-0.39, 0.29) is 0 Å². The van der Waals surface area contributed by atoms with Crippen LogP contribution in [-0.2, 0) is 0 Å². The average molecular weight is 139 g/mol. The minimum atomic E-state index is 1.01. The maximum Gasteiger partial charge on any atom is 0.0563 e. The van der Waals surface area contributed by atoms with Gasteiger partial charge in [0.2, 0.25) is 0 Å². The van der Waals surface area contributed by atoms with E-state index in [1.165, 1.54) is 19.4 Å². The molecule has 1 rings (SSSR count). The Balaban J connectivity index is 2.14. The van der Waals surface area contributed by atoms with Crippen LogP contribution in [0.15, 0.2) is 6.20 Å². The fraction of sp³-hybridized carbons (Fsp3) is 0.750. The molecule has 0 saturated carbocycles. The molecule has 0 fully saturated rings. The normalized spacial score (nSPS) is 17.0. The van der Waals surface area contributed by atoms with Crippen molar-refractivity contribution in [2.45, 2.75) is 19.8 Å². The lowest BCUT2D eigenvalue weighted by Crippen LogP contribution is -2.23. The molecule has 0 aromatic rings.